The molecule has 10 heteroatoms. The van der Waals surface area contributed by atoms with E-state index in [0.717, 1.165) is 26.9 Å². The van der Waals surface area contributed by atoms with Crippen molar-refractivity contribution in [1.82, 2.24) is 9.71 Å². The van der Waals surface area contributed by atoms with Gasteiger partial charge >= 0.3 is 0 Å². The number of thiazole rings is 1. The molecule has 0 fully saturated rings. The first-order chi connectivity index (χ1) is 13.8. The van der Waals surface area contributed by atoms with Gasteiger partial charge in [-0.3, -0.25) is 10.1 Å². The number of sulfonamides is 1. The van der Waals surface area contributed by atoms with E-state index in [2.05, 4.69) is 9.71 Å². The summed E-state index contributed by atoms with van der Waals surface area (Å²) < 4.78 is 32.4. The molecule has 0 aliphatic rings. The summed E-state index contributed by atoms with van der Waals surface area (Å²) in [6.45, 7) is 2.09. The maximum Gasteiger partial charge on any atom is 0.269 e. The molecule has 0 aliphatic carbocycles. The molecule has 3 rings (SSSR count). The first-order valence-electron chi connectivity index (χ1n) is 8.65. The van der Waals surface area contributed by atoms with Crippen LogP contribution in [0, 0.1) is 17.0 Å². The van der Waals surface area contributed by atoms with Gasteiger partial charge in [-0.1, -0.05) is 0 Å². The van der Waals surface area contributed by atoms with E-state index >= 15 is 0 Å². The van der Waals surface area contributed by atoms with Gasteiger partial charge in [0.2, 0.25) is 10.0 Å². The van der Waals surface area contributed by atoms with E-state index < -0.39 is 14.9 Å². The van der Waals surface area contributed by atoms with Crippen LogP contribution in [0.15, 0.2) is 53.4 Å². The van der Waals surface area contributed by atoms with Gasteiger partial charge in [0.1, 0.15) is 10.8 Å². The summed E-state index contributed by atoms with van der Waals surface area (Å²) in [5, 5.41) is 11.5. The van der Waals surface area contributed by atoms with Crippen molar-refractivity contribution in [2.24, 2.45) is 0 Å². The Bertz CT molecular complexity index is 1110. The monoisotopic (exact) mass is 433 g/mol. The minimum Gasteiger partial charge on any atom is -0.497 e. The number of hydrogen-bond donors (Lipinski definition) is 1. The van der Waals surface area contributed by atoms with Gasteiger partial charge in [-0.05, 0) is 49.7 Å². The molecule has 8 nitrogen and oxygen atoms in total. The molecule has 0 bridgehead atoms. The molecule has 0 amide bonds. The summed E-state index contributed by atoms with van der Waals surface area (Å²) >= 11 is 1.52. The lowest BCUT2D eigenvalue weighted by Gasteiger charge is -2.06. The molecular weight excluding hydrogens is 414 g/mol. The van der Waals surface area contributed by atoms with Gasteiger partial charge in [-0.25, -0.2) is 18.1 Å². The van der Waals surface area contributed by atoms with E-state index in [4.69, 9.17) is 4.74 Å². The van der Waals surface area contributed by atoms with E-state index in [1.165, 1.54) is 35.6 Å². The Hall–Kier alpha value is -2.82. The van der Waals surface area contributed by atoms with Crippen LogP contribution in [-0.2, 0) is 16.4 Å². The molecule has 0 saturated heterocycles. The lowest BCUT2D eigenvalue weighted by Crippen LogP contribution is -2.25. The molecule has 0 atom stereocenters. The van der Waals surface area contributed by atoms with Crippen LogP contribution in [-0.4, -0.2) is 32.0 Å². The number of hydrogen-bond acceptors (Lipinski definition) is 7. The second kappa shape index (κ2) is 8.68. The van der Waals surface area contributed by atoms with Crippen LogP contribution in [0.4, 0.5) is 5.69 Å². The quantitative estimate of drug-likeness (QED) is 0.429. The van der Waals surface area contributed by atoms with E-state index in [1.807, 2.05) is 31.2 Å². The topological polar surface area (TPSA) is 111 Å². The summed E-state index contributed by atoms with van der Waals surface area (Å²) in [7, 11) is -2.13. The standard InChI is InChI=1S/C19H19N3O5S2/c1-13-18(28-19(21-13)14-3-7-16(27-2)8-4-14)11-12-20-29(25,26)17-9-5-15(6-10-17)22(23)24/h3-10,20H,11-12H2,1-2H3. The third kappa shape index (κ3) is 4.97. The van der Waals surface area contributed by atoms with Crippen molar-refractivity contribution in [3.63, 3.8) is 0 Å². The van der Waals surface area contributed by atoms with Crippen LogP contribution in [0.25, 0.3) is 10.6 Å². The van der Waals surface area contributed by atoms with Crippen molar-refractivity contribution >= 4 is 27.0 Å². The highest BCUT2D eigenvalue weighted by molar-refractivity contribution is 7.89. The fourth-order valence-corrected chi connectivity index (χ4v) is 4.75. The summed E-state index contributed by atoms with van der Waals surface area (Å²) in [5.74, 6) is 0.767. The number of rotatable bonds is 8. The molecule has 1 aromatic heterocycles. The Morgan fingerprint density at radius 3 is 2.38 bits per heavy atom. The fraction of sp³-hybridized carbons (Fsp3) is 0.211. The zero-order valence-corrected chi connectivity index (χ0v) is 17.4. The van der Waals surface area contributed by atoms with Gasteiger partial charge in [0.05, 0.1) is 22.6 Å². The summed E-state index contributed by atoms with van der Waals surface area (Å²) in [5.41, 5.74) is 1.67. The Morgan fingerprint density at radius 2 is 1.79 bits per heavy atom. The van der Waals surface area contributed by atoms with Crippen molar-refractivity contribution in [1.29, 1.82) is 0 Å². The molecule has 1 N–H and O–H groups in total. The maximum absolute atomic E-state index is 12.4. The minimum atomic E-state index is -3.74. The van der Waals surface area contributed by atoms with E-state index in [9.17, 15) is 18.5 Å². The third-order valence-corrected chi connectivity index (χ3v) is 6.97. The SMILES string of the molecule is COc1ccc(-c2nc(C)c(CCNS(=O)(=O)c3ccc([N+](=O)[O-])cc3)s2)cc1. The molecule has 152 valence electrons. The predicted octanol–water partition coefficient (Wildman–Crippen LogP) is 3.56. The maximum atomic E-state index is 12.4. The number of nitro groups is 1. The molecule has 2 aromatic carbocycles. The zero-order valence-electron chi connectivity index (χ0n) is 15.8. The molecule has 0 spiro atoms. The Labute approximate surface area is 172 Å². The van der Waals surface area contributed by atoms with Gasteiger partial charge in [0.15, 0.2) is 0 Å². The molecule has 0 radical (unpaired) electrons. The average molecular weight is 434 g/mol. The molecule has 0 aliphatic heterocycles. The number of nitrogens with one attached hydrogen (secondary N) is 1. The number of ether oxygens (including phenoxy) is 1. The zero-order chi connectivity index (χ0) is 21.0. The number of nitrogens with zero attached hydrogens (tertiary/aromatic N) is 2. The van der Waals surface area contributed by atoms with Crippen molar-refractivity contribution in [3.05, 3.63) is 69.2 Å². The van der Waals surface area contributed by atoms with Gasteiger partial charge < -0.3 is 4.74 Å². The third-order valence-electron chi connectivity index (χ3n) is 4.23. The Kier molecular flexibility index (Phi) is 6.26. The van der Waals surface area contributed by atoms with Gasteiger partial charge in [-0.15, -0.1) is 11.3 Å². The second-order valence-corrected chi connectivity index (χ2v) is 9.01. The number of non-ortho nitro benzene ring substituents is 1. The van der Waals surface area contributed by atoms with Crippen molar-refractivity contribution in [3.8, 4) is 16.3 Å². The molecule has 1 heterocycles. The highest BCUT2D eigenvalue weighted by Gasteiger charge is 2.16. The van der Waals surface area contributed by atoms with Gasteiger partial charge in [0.25, 0.3) is 5.69 Å². The van der Waals surface area contributed by atoms with Crippen molar-refractivity contribution in [2.45, 2.75) is 18.2 Å². The van der Waals surface area contributed by atoms with Crippen LogP contribution in [0.1, 0.15) is 10.6 Å². The number of benzene rings is 2. The second-order valence-electron chi connectivity index (χ2n) is 6.15. The van der Waals surface area contributed by atoms with Gasteiger partial charge in [0, 0.05) is 29.1 Å². The number of aryl methyl sites for hydroxylation is 1. The molecule has 29 heavy (non-hydrogen) atoms. The lowest BCUT2D eigenvalue weighted by molar-refractivity contribution is -0.384. The van der Waals surface area contributed by atoms with Crippen molar-refractivity contribution in [2.75, 3.05) is 13.7 Å². The van der Waals surface area contributed by atoms with Crippen LogP contribution in [0.5, 0.6) is 5.75 Å². The van der Waals surface area contributed by atoms with Crippen LogP contribution >= 0.6 is 11.3 Å². The predicted molar refractivity (Wildman–Crippen MR) is 111 cm³/mol. The summed E-state index contributed by atoms with van der Waals surface area (Å²) in [6, 6.07) is 12.4. The highest BCUT2D eigenvalue weighted by atomic mass is 32.2. The Morgan fingerprint density at radius 1 is 1.14 bits per heavy atom. The van der Waals surface area contributed by atoms with E-state index in [-0.39, 0.29) is 17.1 Å². The molecule has 0 saturated carbocycles. The number of aromatic nitrogens is 1. The van der Waals surface area contributed by atoms with E-state index in [0.29, 0.717) is 6.42 Å². The van der Waals surface area contributed by atoms with Crippen LogP contribution in [0.3, 0.4) is 0 Å². The Balaban J connectivity index is 1.65. The summed E-state index contributed by atoms with van der Waals surface area (Å²) in [4.78, 5) is 15.7. The van der Waals surface area contributed by atoms with Gasteiger partial charge in [-0.2, -0.15) is 0 Å². The van der Waals surface area contributed by atoms with Crippen LogP contribution in [0.2, 0.25) is 0 Å². The average Bonchev–Trinajstić information content (AvgIpc) is 3.08. The number of nitro benzene ring substituents is 1. The fourth-order valence-electron chi connectivity index (χ4n) is 2.65. The largest absolute Gasteiger partial charge is 0.497 e. The first kappa shape index (κ1) is 20.9. The van der Waals surface area contributed by atoms with Crippen LogP contribution < -0.4 is 9.46 Å². The molecule has 3 aromatic rings. The summed E-state index contributed by atoms with van der Waals surface area (Å²) in [6.07, 6.45) is 0.492. The normalized spacial score (nSPS) is 11.4. The molecular formula is C19H19N3O5S2. The lowest BCUT2D eigenvalue weighted by atomic mass is 10.2. The first-order valence-corrected chi connectivity index (χ1v) is 10.9. The van der Waals surface area contributed by atoms with E-state index in [1.54, 1.807) is 7.11 Å². The highest BCUT2D eigenvalue weighted by Crippen LogP contribution is 2.29. The number of methoxy groups -OCH3 is 1. The smallest absolute Gasteiger partial charge is 0.269 e. The molecule has 0 unspecified atom stereocenters. The van der Waals surface area contributed by atoms with Crippen molar-refractivity contribution < 1.29 is 18.1 Å². The minimum absolute atomic E-state index is 0.0111.